The number of sulfonamides is 1. The van der Waals surface area contributed by atoms with Crippen molar-refractivity contribution >= 4 is 27.3 Å². The summed E-state index contributed by atoms with van der Waals surface area (Å²) in [4.78, 5) is 0.111. The van der Waals surface area contributed by atoms with Crippen molar-refractivity contribution in [3.8, 4) is 0 Å². The van der Waals surface area contributed by atoms with Gasteiger partial charge in [-0.25, -0.2) is 8.42 Å². The molecule has 0 fully saturated rings. The third kappa shape index (κ3) is 3.58. The van der Waals surface area contributed by atoms with E-state index in [1.54, 1.807) is 22.8 Å². The Morgan fingerprint density at radius 2 is 2.05 bits per heavy atom. The Bertz CT molecular complexity index is 738. The fourth-order valence-electron chi connectivity index (χ4n) is 2.02. The maximum atomic E-state index is 12.4. The molecule has 0 unspecified atom stereocenters. The van der Waals surface area contributed by atoms with Gasteiger partial charge in [-0.15, -0.1) is 0 Å². The highest BCUT2D eigenvalue weighted by molar-refractivity contribution is 7.92. The predicted octanol–water partition coefficient (Wildman–Crippen LogP) is 3.02. The lowest BCUT2D eigenvalue weighted by Crippen LogP contribution is -2.12. The molecule has 2 rings (SSSR count). The summed E-state index contributed by atoms with van der Waals surface area (Å²) in [5.41, 5.74) is 0.946. The minimum absolute atomic E-state index is 0.0577. The highest BCUT2D eigenvalue weighted by atomic mass is 35.5. The Morgan fingerprint density at radius 1 is 1.33 bits per heavy atom. The van der Waals surface area contributed by atoms with Crippen LogP contribution in [-0.2, 0) is 16.6 Å². The van der Waals surface area contributed by atoms with Crippen LogP contribution in [0, 0.1) is 0 Å². The first-order valence-electron chi connectivity index (χ1n) is 6.43. The lowest BCUT2D eigenvalue weighted by molar-refractivity contribution is 0.268. The topological polar surface area (TPSA) is 71.3 Å². The highest BCUT2D eigenvalue weighted by Gasteiger charge is 2.19. The highest BCUT2D eigenvalue weighted by Crippen LogP contribution is 2.23. The van der Waals surface area contributed by atoms with Crippen LogP contribution in [0.5, 0.6) is 0 Å². The number of anilines is 1. The molecule has 21 heavy (non-hydrogen) atoms. The third-order valence-corrected chi connectivity index (χ3v) is 4.60. The molecule has 1 aromatic carbocycles. The van der Waals surface area contributed by atoms with Crippen molar-refractivity contribution in [2.75, 3.05) is 4.72 Å². The standard InChI is InChI=1S/C14H17ClN2O3S/c1-10(2)17-8-14(7-13(17)9-18)21(19,20)16-12-5-3-4-11(15)6-12/h3-8,10,16,18H,9H2,1-2H3. The van der Waals surface area contributed by atoms with Crippen LogP contribution >= 0.6 is 11.6 Å². The molecule has 0 amide bonds. The molecular formula is C14H17ClN2O3S. The summed E-state index contributed by atoms with van der Waals surface area (Å²) in [6, 6.07) is 8.01. The molecule has 2 N–H and O–H groups in total. The number of aromatic nitrogens is 1. The molecule has 114 valence electrons. The Morgan fingerprint density at radius 3 is 2.57 bits per heavy atom. The van der Waals surface area contributed by atoms with Gasteiger partial charge in [0.2, 0.25) is 0 Å². The molecule has 5 nitrogen and oxygen atoms in total. The normalized spacial score (nSPS) is 11.9. The molecular weight excluding hydrogens is 312 g/mol. The maximum absolute atomic E-state index is 12.4. The lowest BCUT2D eigenvalue weighted by Gasteiger charge is -2.10. The van der Waals surface area contributed by atoms with Gasteiger partial charge in [0.1, 0.15) is 4.90 Å². The number of halogens is 1. The van der Waals surface area contributed by atoms with E-state index in [1.807, 2.05) is 13.8 Å². The number of nitrogens with zero attached hydrogens (tertiary/aromatic N) is 1. The molecule has 0 spiro atoms. The second kappa shape index (κ2) is 6.09. The zero-order valence-corrected chi connectivity index (χ0v) is 13.3. The van der Waals surface area contributed by atoms with Crippen LogP contribution in [0.25, 0.3) is 0 Å². The van der Waals surface area contributed by atoms with E-state index in [1.165, 1.54) is 18.3 Å². The SMILES string of the molecule is CC(C)n1cc(S(=O)(=O)Nc2cccc(Cl)c2)cc1CO. The van der Waals surface area contributed by atoms with Gasteiger partial charge in [-0.05, 0) is 38.1 Å². The average molecular weight is 329 g/mol. The van der Waals surface area contributed by atoms with Crippen LogP contribution in [0.15, 0.2) is 41.4 Å². The Hall–Kier alpha value is -1.50. The van der Waals surface area contributed by atoms with Crippen molar-refractivity contribution < 1.29 is 13.5 Å². The van der Waals surface area contributed by atoms with Crippen molar-refractivity contribution in [1.82, 2.24) is 4.57 Å². The van der Waals surface area contributed by atoms with Crippen molar-refractivity contribution in [3.05, 3.63) is 47.2 Å². The van der Waals surface area contributed by atoms with Gasteiger partial charge in [-0.3, -0.25) is 4.72 Å². The van der Waals surface area contributed by atoms with Gasteiger partial charge in [0.25, 0.3) is 10.0 Å². The Kier molecular flexibility index (Phi) is 4.61. The summed E-state index contributed by atoms with van der Waals surface area (Å²) in [6.45, 7) is 3.62. The van der Waals surface area contributed by atoms with Crippen LogP contribution < -0.4 is 4.72 Å². The number of aliphatic hydroxyl groups is 1. The van der Waals surface area contributed by atoms with Gasteiger partial charge in [-0.2, -0.15) is 0 Å². The van der Waals surface area contributed by atoms with Crippen LogP contribution in [0.3, 0.4) is 0 Å². The first-order chi connectivity index (χ1) is 9.83. The molecule has 0 bridgehead atoms. The second-order valence-corrected chi connectivity index (χ2v) is 7.06. The number of benzene rings is 1. The molecule has 0 aliphatic rings. The summed E-state index contributed by atoms with van der Waals surface area (Å²) in [7, 11) is -3.72. The van der Waals surface area contributed by atoms with Gasteiger partial charge < -0.3 is 9.67 Å². The Labute approximate surface area is 129 Å². The molecule has 7 heteroatoms. The van der Waals surface area contributed by atoms with Crippen LogP contribution in [-0.4, -0.2) is 18.1 Å². The smallest absolute Gasteiger partial charge is 0.263 e. The first kappa shape index (κ1) is 15.9. The van der Waals surface area contributed by atoms with E-state index in [9.17, 15) is 13.5 Å². The summed E-state index contributed by atoms with van der Waals surface area (Å²) < 4.78 is 28.9. The monoisotopic (exact) mass is 328 g/mol. The molecule has 1 aromatic heterocycles. The van der Waals surface area contributed by atoms with Crippen LogP contribution in [0.2, 0.25) is 5.02 Å². The summed E-state index contributed by atoms with van der Waals surface area (Å²) in [5.74, 6) is 0. The van der Waals surface area contributed by atoms with Gasteiger partial charge in [0, 0.05) is 23.0 Å². The first-order valence-corrected chi connectivity index (χ1v) is 8.29. The molecule has 0 radical (unpaired) electrons. The average Bonchev–Trinajstić information content (AvgIpc) is 2.83. The number of hydrogen-bond acceptors (Lipinski definition) is 3. The van der Waals surface area contributed by atoms with E-state index in [4.69, 9.17) is 11.6 Å². The van der Waals surface area contributed by atoms with Gasteiger partial charge >= 0.3 is 0 Å². The third-order valence-electron chi connectivity index (χ3n) is 3.01. The van der Waals surface area contributed by atoms with E-state index in [2.05, 4.69) is 4.72 Å². The van der Waals surface area contributed by atoms with E-state index in [0.717, 1.165) is 0 Å². The fourth-order valence-corrected chi connectivity index (χ4v) is 3.31. The fraction of sp³-hybridized carbons (Fsp3) is 0.286. The number of rotatable bonds is 5. The number of hydrogen-bond donors (Lipinski definition) is 2. The van der Waals surface area contributed by atoms with Crippen molar-refractivity contribution in [3.63, 3.8) is 0 Å². The van der Waals surface area contributed by atoms with E-state index < -0.39 is 10.0 Å². The van der Waals surface area contributed by atoms with E-state index >= 15 is 0 Å². The zero-order chi connectivity index (χ0) is 15.6. The summed E-state index contributed by atoms with van der Waals surface area (Å²) in [5, 5.41) is 9.77. The molecule has 0 aliphatic carbocycles. The quantitative estimate of drug-likeness (QED) is 0.886. The molecule has 0 saturated carbocycles. The molecule has 1 heterocycles. The van der Waals surface area contributed by atoms with E-state index in [-0.39, 0.29) is 17.5 Å². The lowest BCUT2D eigenvalue weighted by atomic mass is 10.3. The van der Waals surface area contributed by atoms with E-state index in [0.29, 0.717) is 16.4 Å². The van der Waals surface area contributed by atoms with Crippen molar-refractivity contribution in [2.45, 2.75) is 31.4 Å². The van der Waals surface area contributed by atoms with Crippen molar-refractivity contribution in [1.29, 1.82) is 0 Å². The zero-order valence-electron chi connectivity index (χ0n) is 11.7. The maximum Gasteiger partial charge on any atom is 0.263 e. The molecule has 2 aromatic rings. The minimum atomic E-state index is -3.72. The van der Waals surface area contributed by atoms with Gasteiger partial charge in [0.05, 0.1) is 12.3 Å². The predicted molar refractivity (Wildman–Crippen MR) is 83.0 cm³/mol. The van der Waals surface area contributed by atoms with Gasteiger partial charge in [0.15, 0.2) is 0 Å². The molecule has 0 atom stereocenters. The number of nitrogens with one attached hydrogen (secondary N) is 1. The second-order valence-electron chi connectivity index (χ2n) is 4.94. The Balaban J connectivity index is 2.36. The summed E-state index contributed by atoms with van der Waals surface area (Å²) in [6.07, 6.45) is 1.52. The van der Waals surface area contributed by atoms with Crippen LogP contribution in [0.4, 0.5) is 5.69 Å². The van der Waals surface area contributed by atoms with Gasteiger partial charge in [-0.1, -0.05) is 17.7 Å². The molecule has 0 aliphatic heterocycles. The largest absolute Gasteiger partial charge is 0.390 e. The van der Waals surface area contributed by atoms with Crippen molar-refractivity contribution in [2.24, 2.45) is 0 Å². The minimum Gasteiger partial charge on any atom is -0.390 e. The summed E-state index contributed by atoms with van der Waals surface area (Å²) >= 11 is 5.84. The number of aliphatic hydroxyl groups excluding tert-OH is 1. The van der Waals surface area contributed by atoms with Crippen LogP contribution in [0.1, 0.15) is 25.6 Å². The molecule has 0 saturated heterocycles.